The molecular formula is C13H12ClNO4. The molecule has 0 spiro atoms. The van der Waals surface area contributed by atoms with Gasteiger partial charge in [-0.2, -0.15) is 0 Å². The van der Waals surface area contributed by atoms with E-state index >= 15 is 0 Å². The highest BCUT2D eigenvalue weighted by molar-refractivity contribution is 6.34. The fourth-order valence-corrected chi connectivity index (χ4v) is 2.05. The number of ether oxygens (including phenoxy) is 1. The van der Waals surface area contributed by atoms with E-state index in [1.54, 1.807) is 24.3 Å². The number of methoxy groups -OCH3 is 1. The van der Waals surface area contributed by atoms with Crippen molar-refractivity contribution in [1.82, 2.24) is 4.98 Å². The average Bonchev–Trinajstić information content (AvgIpc) is 2.45. The van der Waals surface area contributed by atoms with E-state index in [2.05, 4.69) is 9.72 Å². The molecule has 5 nitrogen and oxygen atoms in total. The number of hydrogen-bond acceptors (Lipinski definition) is 5. The van der Waals surface area contributed by atoms with E-state index in [1.807, 2.05) is 0 Å². The third-order valence-electron chi connectivity index (χ3n) is 2.84. The number of hydrogen-bond donors (Lipinski definition) is 2. The second-order valence-corrected chi connectivity index (χ2v) is 4.32. The van der Waals surface area contributed by atoms with Crippen LogP contribution < -0.4 is 0 Å². The van der Waals surface area contributed by atoms with Crippen LogP contribution in [0.4, 0.5) is 0 Å². The van der Waals surface area contributed by atoms with Crippen molar-refractivity contribution in [2.24, 2.45) is 0 Å². The molecule has 2 unspecified atom stereocenters. The number of halogens is 1. The maximum atomic E-state index is 11.3. The molecule has 0 bridgehead atoms. The maximum Gasteiger partial charge on any atom is 0.337 e. The Hall–Kier alpha value is -1.69. The van der Waals surface area contributed by atoms with Crippen LogP contribution in [0.15, 0.2) is 30.5 Å². The number of fused-ring (bicyclic) bond motifs is 1. The van der Waals surface area contributed by atoms with Crippen LogP contribution >= 0.6 is 11.6 Å². The molecule has 6 heteroatoms. The predicted octanol–water partition coefficient (Wildman–Crippen LogP) is 1.46. The molecule has 0 amide bonds. The van der Waals surface area contributed by atoms with Gasteiger partial charge in [-0.1, -0.05) is 35.9 Å². The molecule has 1 aromatic carbocycles. The Morgan fingerprint density at radius 3 is 2.58 bits per heavy atom. The van der Waals surface area contributed by atoms with Crippen LogP contribution in [0.5, 0.6) is 0 Å². The molecule has 2 atom stereocenters. The van der Waals surface area contributed by atoms with E-state index in [-0.39, 0.29) is 0 Å². The minimum atomic E-state index is -1.67. The summed E-state index contributed by atoms with van der Waals surface area (Å²) in [5.41, 5.74) is 0.318. The van der Waals surface area contributed by atoms with E-state index in [1.165, 1.54) is 6.20 Å². The Balaban J connectivity index is 2.51. The number of aliphatic hydroxyl groups excluding tert-OH is 2. The van der Waals surface area contributed by atoms with Crippen molar-refractivity contribution in [1.29, 1.82) is 0 Å². The molecule has 0 saturated heterocycles. The van der Waals surface area contributed by atoms with Crippen molar-refractivity contribution < 1.29 is 19.7 Å². The SMILES string of the molecule is COC(=O)C(O)C(O)c1cnc(Cl)c2ccccc12. The highest BCUT2D eigenvalue weighted by Gasteiger charge is 2.28. The van der Waals surface area contributed by atoms with Crippen LogP contribution in [0.25, 0.3) is 10.8 Å². The van der Waals surface area contributed by atoms with Crippen LogP contribution in [0.2, 0.25) is 5.15 Å². The number of benzene rings is 1. The van der Waals surface area contributed by atoms with Crippen molar-refractivity contribution in [3.63, 3.8) is 0 Å². The fourth-order valence-electron chi connectivity index (χ4n) is 1.84. The lowest BCUT2D eigenvalue weighted by Crippen LogP contribution is -2.29. The fraction of sp³-hybridized carbons (Fsp3) is 0.231. The van der Waals surface area contributed by atoms with E-state index in [4.69, 9.17) is 11.6 Å². The van der Waals surface area contributed by atoms with Gasteiger partial charge < -0.3 is 14.9 Å². The van der Waals surface area contributed by atoms with Gasteiger partial charge in [0.15, 0.2) is 6.10 Å². The van der Waals surface area contributed by atoms with Crippen molar-refractivity contribution in [3.05, 3.63) is 41.2 Å². The largest absolute Gasteiger partial charge is 0.467 e. The molecule has 100 valence electrons. The van der Waals surface area contributed by atoms with Crippen molar-refractivity contribution in [2.45, 2.75) is 12.2 Å². The number of nitrogens with zero attached hydrogens (tertiary/aromatic N) is 1. The first-order valence-corrected chi connectivity index (χ1v) is 5.91. The van der Waals surface area contributed by atoms with Crippen LogP contribution in [0.3, 0.4) is 0 Å². The molecule has 2 rings (SSSR count). The van der Waals surface area contributed by atoms with Gasteiger partial charge in [0, 0.05) is 17.1 Å². The number of aliphatic hydroxyl groups is 2. The topological polar surface area (TPSA) is 79.7 Å². The zero-order chi connectivity index (χ0) is 14.0. The Bertz CT molecular complexity index is 617. The summed E-state index contributed by atoms with van der Waals surface area (Å²) >= 11 is 5.96. The maximum absolute atomic E-state index is 11.3. The van der Waals surface area contributed by atoms with Gasteiger partial charge in [0.1, 0.15) is 11.3 Å². The predicted molar refractivity (Wildman–Crippen MR) is 69.7 cm³/mol. The first kappa shape index (κ1) is 13.7. The number of carbonyl (C=O) groups excluding carboxylic acids is 1. The average molecular weight is 282 g/mol. The lowest BCUT2D eigenvalue weighted by Gasteiger charge is -2.17. The second-order valence-electron chi connectivity index (χ2n) is 3.96. The Labute approximate surface area is 114 Å². The molecule has 0 fully saturated rings. The van der Waals surface area contributed by atoms with Gasteiger partial charge in [-0.25, -0.2) is 9.78 Å². The number of carbonyl (C=O) groups is 1. The normalized spacial score (nSPS) is 14.1. The van der Waals surface area contributed by atoms with Gasteiger partial charge in [0.25, 0.3) is 0 Å². The zero-order valence-electron chi connectivity index (χ0n) is 10.1. The summed E-state index contributed by atoms with van der Waals surface area (Å²) in [4.78, 5) is 15.2. The summed E-state index contributed by atoms with van der Waals surface area (Å²) in [6, 6.07) is 7.01. The van der Waals surface area contributed by atoms with Crippen LogP contribution in [-0.2, 0) is 9.53 Å². The molecule has 0 saturated carbocycles. The lowest BCUT2D eigenvalue weighted by molar-refractivity contribution is -0.156. The third-order valence-corrected chi connectivity index (χ3v) is 3.14. The lowest BCUT2D eigenvalue weighted by atomic mass is 10.00. The van der Waals surface area contributed by atoms with Gasteiger partial charge in [-0.05, 0) is 5.39 Å². The summed E-state index contributed by atoms with van der Waals surface area (Å²) < 4.78 is 4.40. The summed E-state index contributed by atoms with van der Waals surface area (Å²) in [5.74, 6) is -0.911. The van der Waals surface area contributed by atoms with Gasteiger partial charge in [0.2, 0.25) is 0 Å². The molecule has 0 aliphatic carbocycles. The number of aromatic nitrogens is 1. The summed E-state index contributed by atoms with van der Waals surface area (Å²) in [6.07, 6.45) is -1.76. The van der Waals surface area contributed by atoms with Gasteiger partial charge in [-0.15, -0.1) is 0 Å². The molecule has 1 heterocycles. The Kier molecular flexibility index (Phi) is 3.99. The minimum absolute atomic E-state index is 0.291. The molecule has 2 aromatic rings. The van der Waals surface area contributed by atoms with Crippen molar-refractivity contribution in [2.75, 3.05) is 7.11 Å². The first-order chi connectivity index (χ1) is 9.06. The van der Waals surface area contributed by atoms with Crippen molar-refractivity contribution in [3.8, 4) is 0 Å². The number of esters is 1. The monoisotopic (exact) mass is 281 g/mol. The highest BCUT2D eigenvalue weighted by atomic mass is 35.5. The minimum Gasteiger partial charge on any atom is -0.467 e. The van der Waals surface area contributed by atoms with E-state index < -0.39 is 18.2 Å². The smallest absolute Gasteiger partial charge is 0.337 e. The molecular weight excluding hydrogens is 270 g/mol. The van der Waals surface area contributed by atoms with E-state index in [9.17, 15) is 15.0 Å². The van der Waals surface area contributed by atoms with Crippen LogP contribution in [0, 0.1) is 0 Å². The highest BCUT2D eigenvalue weighted by Crippen LogP contribution is 2.29. The number of pyridine rings is 1. The molecule has 0 aliphatic rings. The Morgan fingerprint density at radius 2 is 1.95 bits per heavy atom. The quantitative estimate of drug-likeness (QED) is 0.658. The summed E-state index contributed by atoms with van der Waals surface area (Å²) in [5, 5.41) is 21.3. The molecule has 0 radical (unpaired) electrons. The van der Waals surface area contributed by atoms with Gasteiger partial charge >= 0.3 is 5.97 Å². The summed E-state index contributed by atoms with van der Waals surface area (Å²) in [6.45, 7) is 0. The Morgan fingerprint density at radius 1 is 1.32 bits per heavy atom. The van der Waals surface area contributed by atoms with E-state index in [0.717, 1.165) is 7.11 Å². The summed E-state index contributed by atoms with van der Waals surface area (Å²) in [7, 11) is 1.14. The third kappa shape index (κ3) is 2.53. The van der Waals surface area contributed by atoms with Gasteiger partial charge in [-0.3, -0.25) is 0 Å². The van der Waals surface area contributed by atoms with Crippen LogP contribution in [0.1, 0.15) is 11.7 Å². The first-order valence-electron chi connectivity index (χ1n) is 5.53. The standard InChI is InChI=1S/C13H12ClNO4/c1-19-13(18)11(17)10(16)9-6-15-12(14)8-5-3-2-4-7(8)9/h2-6,10-11,16-17H,1H3. The molecule has 2 N–H and O–H groups in total. The van der Waals surface area contributed by atoms with Crippen molar-refractivity contribution >= 4 is 28.3 Å². The molecule has 0 aliphatic heterocycles. The van der Waals surface area contributed by atoms with Crippen LogP contribution in [-0.4, -0.2) is 34.4 Å². The number of rotatable bonds is 3. The molecule has 19 heavy (non-hydrogen) atoms. The zero-order valence-corrected chi connectivity index (χ0v) is 10.8. The second kappa shape index (κ2) is 5.52. The molecule has 1 aromatic heterocycles. The van der Waals surface area contributed by atoms with Gasteiger partial charge in [0.05, 0.1) is 7.11 Å². The van der Waals surface area contributed by atoms with E-state index in [0.29, 0.717) is 21.5 Å².